The number of ketones is 1. The molecule has 0 heterocycles. The van der Waals surface area contributed by atoms with Gasteiger partial charge in [0.2, 0.25) is 0 Å². The number of carbonyl (C=O) groups excluding carboxylic acids is 1. The fourth-order valence-electron chi connectivity index (χ4n) is 2.51. The number of benzene rings is 2. The molecule has 0 aliphatic heterocycles. The molecule has 0 fully saturated rings. The summed E-state index contributed by atoms with van der Waals surface area (Å²) >= 11 is 0. The lowest BCUT2D eigenvalue weighted by Gasteiger charge is -2.06. The van der Waals surface area contributed by atoms with Crippen molar-refractivity contribution < 1.29 is 34.1 Å². The standard InChI is InChI=1S/C17H12O7/c18-15(19)7-23-9-1-3-11-12-4-2-10(24-8-16(20)21)6-14(12)17(22)13(11)5-9/h1-6H,7-8H2,(H,18,19)(H,20,21). The second-order valence-electron chi connectivity index (χ2n) is 5.11. The highest BCUT2D eigenvalue weighted by Gasteiger charge is 2.27. The molecule has 0 unspecified atom stereocenters. The SMILES string of the molecule is O=C(O)COc1ccc2c(c1)C(=O)c1cc(OCC(=O)O)ccc1-2. The molecule has 0 saturated carbocycles. The number of carbonyl (C=O) groups is 3. The summed E-state index contributed by atoms with van der Waals surface area (Å²) in [6, 6.07) is 9.57. The van der Waals surface area contributed by atoms with Crippen molar-refractivity contribution >= 4 is 17.7 Å². The van der Waals surface area contributed by atoms with Crippen molar-refractivity contribution in [2.24, 2.45) is 0 Å². The number of hydrogen-bond donors (Lipinski definition) is 2. The second kappa shape index (κ2) is 6.04. The fraction of sp³-hybridized carbons (Fsp3) is 0.118. The van der Waals surface area contributed by atoms with Crippen LogP contribution < -0.4 is 9.47 Å². The third kappa shape index (κ3) is 2.91. The highest BCUT2D eigenvalue weighted by atomic mass is 16.5. The van der Waals surface area contributed by atoms with E-state index in [1.165, 1.54) is 12.1 Å². The smallest absolute Gasteiger partial charge is 0.341 e. The van der Waals surface area contributed by atoms with E-state index < -0.39 is 25.2 Å². The van der Waals surface area contributed by atoms with Crippen LogP contribution in [0, 0.1) is 0 Å². The normalized spacial score (nSPS) is 11.6. The van der Waals surface area contributed by atoms with Crippen LogP contribution >= 0.6 is 0 Å². The van der Waals surface area contributed by atoms with Crippen LogP contribution in [-0.2, 0) is 9.59 Å². The Morgan fingerprint density at radius 2 is 1.17 bits per heavy atom. The molecule has 2 aromatic rings. The van der Waals surface area contributed by atoms with E-state index >= 15 is 0 Å². The Bertz CT molecular complexity index is 785. The summed E-state index contributed by atoms with van der Waals surface area (Å²) in [4.78, 5) is 33.6. The Balaban J connectivity index is 1.89. The maximum atomic E-state index is 12.5. The molecule has 0 spiro atoms. The van der Waals surface area contributed by atoms with Gasteiger partial charge in [-0.25, -0.2) is 9.59 Å². The van der Waals surface area contributed by atoms with Gasteiger partial charge in [0.1, 0.15) is 11.5 Å². The lowest BCUT2D eigenvalue weighted by atomic mass is 10.1. The Morgan fingerprint density at radius 1 is 0.750 bits per heavy atom. The van der Waals surface area contributed by atoms with Crippen molar-refractivity contribution in [1.29, 1.82) is 0 Å². The van der Waals surface area contributed by atoms with Gasteiger partial charge in [-0.3, -0.25) is 4.79 Å². The summed E-state index contributed by atoms with van der Waals surface area (Å²) in [6.45, 7) is -0.986. The van der Waals surface area contributed by atoms with Gasteiger partial charge in [0.05, 0.1) is 0 Å². The summed E-state index contributed by atoms with van der Waals surface area (Å²) in [6.07, 6.45) is 0. The van der Waals surface area contributed by atoms with Gasteiger partial charge in [-0.2, -0.15) is 0 Å². The zero-order chi connectivity index (χ0) is 17.3. The minimum atomic E-state index is -1.11. The number of fused-ring (bicyclic) bond motifs is 3. The molecule has 1 aliphatic carbocycles. The van der Waals surface area contributed by atoms with Gasteiger partial charge >= 0.3 is 11.9 Å². The molecule has 0 atom stereocenters. The maximum Gasteiger partial charge on any atom is 0.341 e. The van der Waals surface area contributed by atoms with Crippen molar-refractivity contribution in [1.82, 2.24) is 0 Å². The number of ether oxygens (including phenoxy) is 2. The lowest BCUT2D eigenvalue weighted by molar-refractivity contribution is -0.140. The molecule has 0 bridgehead atoms. The average Bonchev–Trinajstić information content (AvgIpc) is 2.83. The van der Waals surface area contributed by atoms with Gasteiger partial charge in [-0.15, -0.1) is 0 Å². The van der Waals surface area contributed by atoms with Crippen molar-refractivity contribution in [2.75, 3.05) is 13.2 Å². The zero-order valence-corrected chi connectivity index (χ0v) is 12.3. The summed E-state index contributed by atoms with van der Waals surface area (Å²) in [5, 5.41) is 17.3. The number of aliphatic carboxylic acids is 2. The van der Waals surface area contributed by atoms with Gasteiger partial charge in [0.15, 0.2) is 19.0 Å². The zero-order valence-electron chi connectivity index (χ0n) is 12.3. The van der Waals surface area contributed by atoms with E-state index in [9.17, 15) is 14.4 Å². The van der Waals surface area contributed by atoms with E-state index in [1.54, 1.807) is 24.3 Å². The van der Waals surface area contributed by atoms with Gasteiger partial charge in [0.25, 0.3) is 0 Å². The Morgan fingerprint density at radius 3 is 1.54 bits per heavy atom. The fourth-order valence-corrected chi connectivity index (χ4v) is 2.51. The van der Waals surface area contributed by atoms with Crippen LogP contribution in [0.25, 0.3) is 11.1 Å². The van der Waals surface area contributed by atoms with Gasteiger partial charge < -0.3 is 19.7 Å². The van der Waals surface area contributed by atoms with Crippen LogP contribution in [0.1, 0.15) is 15.9 Å². The van der Waals surface area contributed by atoms with Crippen LogP contribution in [-0.4, -0.2) is 41.1 Å². The highest BCUT2D eigenvalue weighted by molar-refractivity contribution is 6.22. The first-order valence-corrected chi connectivity index (χ1v) is 6.98. The average molecular weight is 328 g/mol. The van der Waals surface area contributed by atoms with E-state index in [2.05, 4.69) is 0 Å². The predicted molar refractivity (Wildman–Crippen MR) is 81.6 cm³/mol. The molecule has 7 heteroatoms. The Kier molecular flexibility index (Phi) is 3.91. The van der Waals surface area contributed by atoms with Gasteiger partial charge in [0, 0.05) is 11.1 Å². The lowest BCUT2D eigenvalue weighted by Crippen LogP contribution is -2.10. The monoisotopic (exact) mass is 328 g/mol. The third-order valence-corrected chi connectivity index (χ3v) is 3.49. The first kappa shape index (κ1) is 15.5. The van der Waals surface area contributed by atoms with E-state index in [4.69, 9.17) is 19.7 Å². The maximum absolute atomic E-state index is 12.5. The minimum Gasteiger partial charge on any atom is -0.482 e. The first-order chi connectivity index (χ1) is 11.5. The number of carboxylic acid groups (broad SMARTS) is 2. The summed E-state index contributed by atoms with van der Waals surface area (Å²) in [7, 11) is 0. The second-order valence-corrected chi connectivity index (χ2v) is 5.11. The molecule has 0 radical (unpaired) electrons. The van der Waals surface area contributed by atoms with E-state index in [1.807, 2.05) is 0 Å². The molecular formula is C17H12O7. The molecule has 24 heavy (non-hydrogen) atoms. The molecule has 0 saturated heterocycles. The van der Waals surface area contributed by atoms with Gasteiger partial charge in [-0.05, 0) is 47.5 Å². The van der Waals surface area contributed by atoms with Crippen LogP contribution in [0.5, 0.6) is 11.5 Å². The van der Waals surface area contributed by atoms with E-state index in [0.29, 0.717) is 33.8 Å². The van der Waals surface area contributed by atoms with Crippen LogP contribution in [0.4, 0.5) is 0 Å². The molecule has 0 amide bonds. The largest absolute Gasteiger partial charge is 0.482 e. The van der Waals surface area contributed by atoms with Crippen molar-refractivity contribution in [2.45, 2.75) is 0 Å². The van der Waals surface area contributed by atoms with Crippen LogP contribution in [0.2, 0.25) is 0 Å². The quantitative estimate of drug-likeness (QED) is 0.710. The first-order valence-electron chi connectivity index (χ1n) is 6.98. The molecule has 0 aromatic heterocycles. The molecule has 122 valence electrons. The molecule has 3 rings (SSSR count). The third-order valence-electron chi connectivity index (χ3n) is 3.49. The minimum absolute atomic E-state index is 0.249. The summed E-state index contributed by atoms with van der Waals surface area (Å²) in [5.74, 6) is -1.88. The molecule has 1 aliphatic rings. The predicted octanol–water partition coefficient (Wildman–Crippen LogP) is 1.82. The highest BCUT2D eigenvalue weighted by Crippen LogP contribution is 2.39. The van der Waals surface area contributed by atoms with E-state index in [-0.39, 0.29) is 5.78 Å². The molecule has 7 nitrogen and oxygen atoms in total. The van der Waals surface area contributed by atoms with Crippen LogP contribution in [0.3, 0.4) is 0 Å². The summed E-state index contributed by atoms with van der Waals surface area (Å²) in [5.41, 5.74) is 2.23. The van der Waals surface area contributed by atoms with Gasteiger partial charge in [-0.1, -0.05) is 0 Å². The van der Waals surface area contributed by atoms with E-state index in [0.717, 1.165) is 0 Å². The number of hydrogen-bond acceptors (Lipinski definition) is 5. The molecule has 2 aromatic carbocycles. The molecule has 2 N–H and O–H groups in total. The Hall–Kier alpha value is -3.35. The van der Waals surface area contributed by atoms with Crippen molar-refractivity contribution in [3.8, 4) is 22.6 Å². The van der Waals surface area contributed by atoms with Crippen molar-refractivity contribution in [3.05, 3.63) is 47.5 Å². The number of carboxylic acids is 2. The molecular weight excluding hydrogens is 316 g/mol. The topological polar surface area (TPSA) is 110 Å². The Labute approximate surface area is 136 Å². The van der Waals surface area contributed by atoms with Crippen molar-refractivity contribution in [3.63, 3.8) is 0 Å². The number of rotatable bonds is 6. The summed E-state index contributed by atoms with van der Waals surface area (Å²) < 4.78 is 10.2. The van der Waals surface area contributed by atoms with Crippen LogP contribution in [0.15, 0.2) is 36.4 Å².